The number of rotatable bonds is 5. The second-order valence-electron chi connectivity index (χ2n) is 5.87. The van der Waals surface area contributed by atoms with Gasteiger partial charge >= 0.3 is 0 Å². The van der Waals surface area contributed by atoms with Crippen LogP contribution in [0.2, 0.25) is 0 Å². The number of aromatic nitrogens is 1. The molecule has 1 fully saturated rings. The van der Waals surface area contributed by atoms with Crippen molar-refractivity contribution in [3.63, 3.8) is 0 Å². The summed E-state index contributed by atoms with van der Waals surface area (Å²) in [6, 6.07) is 10.3. The lowest BCUT2D eigenvalue weighted by Crippen LogP contribution is -2.31. The molecule has 24 heavy (non-hydrogen) atoms. The van der Waals surface area contributed by atoms with Crippen molar-refractivity contribution in [2.45, 2.75) is 13.3 Å². The molecule has 0 saturated carbocycles. The number of nitrogens with one attached hydrogen (secondary N) is 2. The van der Waals surface area contributed by atoms with Crippen molar-refractivity contribution < 1.29 is 9.59 Å². The predicted octanol–water partition coefficient (Wildman–Crippen LogP) is 2.36. The maximum atomic E-state index is 12.2. The van der Waals surface area contributed by atoms with Crippen LogP contribution in [-0.2, 0) is 4.79 Å². The minimum Gasteiger partial charge on any atom is -0.371 e. The highest BCUT2D eigenvalue weighted by molar-refractivity contribution is 7.14. The summed E-state index contributed by atoms with van der Waals surface area (Å²) in [4.78, 5) is 29.6. The van der Waals surface area contributed by atoms with Crippen molar-refractivity contribution in [3.05, 3.63) is 41.4 Å². The zero-order valence-corrected chi connectivity index (χ0v) is 14.3. The molecule has 0 aliphatic carbocycles. The molecule has 2 N–H and O–H groups in total. The summed E-state index contributed by atoms with van der Waals surface area (Å²) in [5.41, 5.74) is 1.58. The molecular formula is C17H20N4O2S. The lowest BCUT2D eigenvalue weighted by molar-refractivity contribution is -0.114. The van der Waals surface area contributed by atoms with E-state index in [2.05, 4.69) is 32.7 Å². The first-order valence-corrected chi connectivity index (χ1v) is 8.81. The molecule has 2 heterocycles. The Morgan fingerprint density at radius 3 is 2.88 bits per heavy atom. The quantitative estimate of drug-likeness (QED) is 0.873. The summed E-state index contributed by atoms with van der Waals surface area (Å²) in [6.45, 7) is 4.00. The van der Waals surface area contributed by atoms with Crippen LogP contribution in [0.15, 0.2) is 35.7 Å². The van der Waals surface area contributed by atoms with E-state index in [1.807, 2.05) is 18.2 Å². The Kier molecular flexibility index (Phi) is 5.10. The minimum atomic E-state index is -0.194. The van der Waals surface area contributed by atoms with E-state index in [-0.39, 0.29) is 11.8 Å². The number of anilines is 2. The molecule has 126 valence electrons. The third kappa shape index (κ3) is 4.11. The molecule has 0 spiro atoms. The van der Waals surface area contributed by atoms with Gasteiger partial charge in [-0.05, 0) is 24.5 Å². The number of carbonyl (C=O) groups is 2. The summed E-state index contributed by atoms with van der Waals surface area (Å²) in [7, 11) is 0. The molecule has 1 aromatic carbocycles. The Labute approximate surface area is 144 Å². The Morgan fingerprint density at radius 2 is 2.12 bits per heavy atom. The molecule has 6 nitrogen and oxygen atoms in total. The summed E-state index contributed by atoms with van der Waals surface area (Å²) in [5, 5.41) is 7.63. The van der Waals surface area contributed by atoms with Crippen LogP contribution in [-0.4, -0.2) is 36.4 Å². The standard InChI is InChI=1S/C17H20N4O2S/c1-12(22)19-17-20-15(11-24-17)16(23)18-9-13-7-8-21(10-13)14-5-3-2-4-6-14/h2-6,11,13H,7-10H2,1H3,(H,18,23)(H,19,20,22)/t13-/m1/s1. The van der Waals surface area contributed by atoms with Crippen LogP contribution in [0.5, 0.6) is 0 Å². The van der Waals surface area contributed by atoms with Gasteiger partial charge < -0.3 is 15.5 Å². The monoisotopic (exact) mass is 344 g/mol. The van der Waals surface area contributed by atoms with Gasteiger partial charge in [-0.15, -0.1) is 11.3 Å². The number of hydrogen-bond donors (Lipinski definition) is 2. The number of amides is 2. The van der Waals surface area contributed by atoms with Crippen LogP contribution in [0.25, 0.3) is 0 Å². The normalized spacial score (nSPS) is 16.9. The fourth-order valence-electron chi connectivity index (χ4n) is 2.79. The zero-order valence-electron chi connectivity index (χ0n) is 13.5. The van der Waals surface area contributed by atoms with E-state index in [0.29, 0.717) is 23.3 Å². The average molecular weight is 344 g/mol. The number of benzene rings is 1. The maximum absolute atomic E-state index is 12.2. The zero-order chi connectivity index (χ0) is 16.9. The Bertz CT molecular complexity index is 716. The van der Waals surface area contributed by atoms with Gasteiger partial charge in [0.2, 0.25) is 5.91 Å². The van der Waals surface area contributed by atoms with Gasteiger partial charge in [-0.2, -0.15) is 0 Å². The number of para-hydroxylation sites is 1. The topological polar surface area (TPSA) is 74.3 Å². The molecule has 2 amide bonds. The van der Waals surface area contributed by atoms with Crippen molar-refractivity contribution in [2.75, 3.05) is 29.9 Å². The summed E-state index contributed by atoms with van der Waals surface area (Å²) < 4.78 is 0. The van der Waals surface area contributed by atoms with E-state index < -0.39 is 0 Å². The van der Waals surface area contributed by atoms with E-state index in [1.54, 1.807) is 5.38 Å². The van der Waals surface area contributed by atoms with Crippen LogP contribution in [0.1, 0.15) is 23.8 Å². The van der Waals surface area contributed by atoms with Gasteiger partial charge in [0.1, 0.15) is 5.69 Å². The van der Waals surface area contributed by atoms with Crippen LogP contribution in [0, 0.1) is 5.92 Å². The van der Waals surface area contributed by atoms with Crippen molar-refractivity contribution in [3.8, 4) is 0 Å². The van der Waals surface area contributed by atoms with Crippen molar-refractivity contribution in [2.24, 2.45) is 5.92 Å². The third-order valence-electron chi connectivity index (χ3n) is 3.98. The highest BCUT2D eigenvalue weighted by Crippen LogP contribution is 2.23. The van der Waals surface area contributed by atoms with Crippen molar-refractivity contribution in [1.82, 2.24) is 10.3 Å². The van der Waals surface area contributed by atoms with Gasteiger partial charge in [-0.3, -0.25) is 9.59 Å². The number of hydrogen-bond acceptors (Lipinski definition) is 5. The Balaban J connectivity index is 1.48. The van der Waals surface area contributed by atoms with E-state index in [0.717, 1.165) is 19.5 Å². The Morgan fingerprint density at radius 1 is 1.33 bits per heavy atom. The molecule has 1 aromatic heterocycles. The maximum Gasteiger partial charge on any atom is 0.270 e. The van der Waals surface area contributed by atoms with Crippen LogP contribution in [0.4, 0.5) is 10.8 Å². The molecule has 0 bridgehead atoms. The van der Waals surface area contributed by atoms with E-state index >= 15 is 0 Å². The molecule has 3 rings (SSSR count). The lowest BCUT2D eigenvalue weighted by Gasteiger charge is -2.18. The van der Waals surface area contributed by atoms with Crippen molar-refractivity contribution in [1.29, 1.82) is 0 Å². The van der Waals surface area contributed by atoms with E-state index in [4.69, 9.17) is 0 Å². The molecule has 1 aliphatic rings. The molecule has 1 aliphatic heterocycles. The predicted molar refractivity (Wildman–Crippen MR) is 95.5 cm³/mol. The third-order valence-corrected chi connectivity index (χ3v) is 4.74. The average Bonchev–Trinajstić information content (AvgIpc) is 3.22. The van der Waals surface area contributed by atoms with Crippen LogP contribution in [0.3, 0.4) is 0 Å². The number of nitrogens with zero attached hydrogens (tertiary/aromatic N) is 2. The molecule has 0 unspecified atom stereocenters. The van der Waals surface area contributed by atoms with Gasteiger partial charge in [0, 0.05) is 37.6 Å². The highest BCUT2D eigenvalue weighted by atomic mass is 32.1. The smallest absolute Gasteiger partial charge is 0.270 e. The summed E-state index contributed by atoms with van der Waals surface area (Å²) in [6.07, 6.45) is 1.06. The largest absolute Gasteiger partial charge is 0.371 e. The molecule has 1 saturated heterocycles. The van der Waals surface area contributed by atoms with Crippen LogP contribution >= 0.6 is 11.3 Å². The molecule has 1 atom stereocenters. The van der Waals surface area contributed by atoms with E-state index in [1.165, 1.54) is 23.9 Å². The number of thiazole rings is 1. The lowest BCUT2D eigenvalue weighted by atomic mass is 10.1. The SMILES string of the molecule is CC(=O)Nc1nc(C(=O)NC[C@H]2CCN(c3ccccc3)C2)cs1. The molecule has 0 radical (unpaired) electrons. The number of carbonyl (C=O) groups excluding carboxylic acids is 2. The van der Waals surface area contributed by atoms with Gasteiger partial charge in [-0.25, -0.2) is 4.98 Å². The van der Waals surface area contributed by atoms with Crippen LogP contribution < -0.4 is 15.5 Å². The highest BCUT2D eigenvalue weighted by Gasteiger charge is 2.23. The Hall–Kier alpha value is -2.41. The first-order valence-electron chi connectivity index (χ1n) is 7.93. The minimum absolute atomic E-state index is 0.191. The van der Waals surface area contributed by atoms with Crippen molar-refractivity contribution >= 4 is 34.0 Å². The van der Waals surface area contributed by atoms with Gasteiger partial charge in [0.15, 0.2) is 5.13 Å². The second-order valence-corrected chi connectivity index (χ2v) is 6.72. The molecular weight excluding hydrogens is 324 g/mol. The van der Waals surface area contributed by atoms with Gasteiger partial charge in [0.05, 0.1) is 0 Å². The second kappa shape index (κ2) is 7.44. The fourth-order valence-corrected chi connectivity index (χ4v) is 3.52. The van der Waals surface area contributed by atoms with E-state index in [9.17, 15) is 9.59 Å². The fraction of sp³-hybridized carbons (Fsp3) is 0.353. The molecule has 7 heteroatoms. The summed E-state index contributed by atoms with van der Waals surface area (Å²) >= 11 is 1.25. The van der Waals surface area contributed by atoms with Gasteiger partial charge in [0.25, 0.3) is 5.91 Å². The molecule has 2 aromatic rings. The van der Waals surface area contributed by atoms with Gasteiger partial charge in [-0.1, -0.05) is 18.2 Å². The first kappa shape index (κ1) is 16.4. The first-order chi connectivity index (χ1) is 11.6. The summed E-state index contributed by atoms with van der Waals surface area (Å²) in [5.74, 6) is 0.0480.